The quantitative estimate of drug-likeness (QED) is 0.362. The Bertz CT molecular complexity index is 759. The number of carbonyl (C=O) groups excluding carboxylic acids is 2. The summed E-state index contributed by atoms with van der Waals surface area (Å²) in [5.74, 6) is -0.945. The lowest BCUT2D eigenvalue weighted by atomic mass is 9.83. The van der Waals surface area contributed by atoms with E-state index < -0.39 is 47.6 Å². The number of hydrogen-bond acceptors (Lipinski definition) is 6. The summed E-state index contributed by atoms with van der Waals surface area (Å²) in [7, 11) is 0. The Balaban J connectivity index is 2.27. The van der Waals surface area contributed by atoms with Crippen LogP contribution < -0.4 is 0 Å². The van der Waals surface area contributed by atoms with Gasteiger partial charge in [0, 0.05) is 6.42 Å². The number of carboxylic acids is 1. The van der Waals surface area contributed by atoms with Crippen LogP contribution in [0.1, 0.15) is 120 Å². The maximum Gasteiger partial charge on any atom is 0.412 e. The van der Waals surface area contributed by atoms with E-state index in [1.807, 2.05) is 20.8 Å². The molecular weight excluding hydrogens is 462 g/mol. The highest BCUT2D eigenvalue weighted by Crippen LogP contribution is 2.40. The minimum atomic E-state index is -1.03. The van der Waals surface area contributed by atoms with E-state index in [1.54, 1.807) is 18.7 Å². The Labute approximate surface area is 217 Å². The Morgan fingerprint density at radius 2 is 1.67 bits per heavy atom. The van der Waals surface area contributed by atoms with Crippen LogP contribution in [-0.4, -0.2) is 57.6 Å². The van der Waals surface area contributed by atoms with Crippen molar-refractivity contribution >= 4 is 18.0 Å². The molecule has 0 aromatic heterocycles. The molecule has 2 rings (SSSR count). The fourth-order valence-corrected chi connectivity index (χ4v) is 5.44. The first-order valence-electron chi connectivity index (χ1n) is 13.6. The number of nitrogens with zero attached hydrogens (tertiary/aromatic N) is 1. The maximum atomic E-state index is 13.6. The number of carboxylic acid groups (broad SMARTS) is 1. The van der Waals surface area contributed by atoms with Gasteiger partial charge in [-0.05, 0) is 71.6 Å². The molecule has 1 unspecified atom stereocenters. The summed E-state index contributed by atoms with van der Waals surface area (Å²) in [6, 6.07) is -0.486. The van der Waals surface area contributed by atoms with E-state index in [2.05, 4.69) is 20.8 Å². The van der Waals surface area contributed by atoms with Crippen molar-refractivity contribution in [2.24, 2.45) is 11.3 Å². The molecule has 1 aliphatic heterocycles. The normalized spacial score (nSPS) is 23.8. The van der Waals surface area contributed by atoms with E-state index in [9.17, 15) is 14.4 Å². The lowest BCUT2D eigenvalue weighted by Gasteiger charge is -2.36. The van der Waals surface area contributed by atoms with Crippen LogP contribution in [0, 0.1) is 11.3 Å². The van der Waals surface area contributed by atoms with Crippen molar-refractivity contribution in [3.8, 4) is 0 Å². The fourth-order valence-electron chi connectivity index (χ4n) is 5.44. The van der Waals surface area contributed by atoms with Gasteiger partial charge in [-0.2, -0.15) is 0 Å². The molecular formula is C28H49NO7. The van der Waals surface area contributed by atoms with Crippen LogP contribution in [-0.2, 0) is 23.8 Å². The van der Waals surface area contributed by atoms with Crippen LogP contribution in [0.5, 0.6) is 0 Å². The van der Waals surface area contributed by atoms with Gasteiger partial charge in [0.2, 0.25) is 0 Å². The van der Waals surface area contributed by atoms with Gasteiger partial charge in [0.25, 0.3) is 0 Å². The third kappa shape index (κ3) is 9.56. The summed E-state index contributed by atoms with van der Waals surface area (Å²) >= 11 is 0. The minimum Gasteiger partial charge on any atom is -0.481 e. The summed E-state index contributed by atoms with van der Waals surface area (Å²) in [6.45, 7) is 15.2. The smallest absolute Gasteiger partial charge is 0.412 e. The number of esters is 1. The monoisotopic (exact) mass is 511 g/mol. The van der Waals surface area contributed by atoms with Gasteiger partial charge in [0.05, 0.1) is 6.04 Å². The van der Waals surface area contributed by atoms with E-state index in [-0.39, 0.29) is 11.8 Å². The van der Waals surface area contributed by atoms with Crippen molar-refractivity contribution in [2.45, 2.75) is 149 Å². The first kappa shape index (κ1) is 30.4. The molecule has 8 heteroatoms. The number of ether oxygens (including phenoxy) is 3. The van der Waals surface area contributed by atoms with Gasteiger partial charge in [0.15, 0.2) is 6.10 Å². The van der Waals surface area contributed by atoms with Gasteiger partial charge in [0.1, 0.15) is 17.4 Å². The second kappa shape index (κ2) is 12.1. The summed E-state index contributed by atoms with van der Waals surface area (Å²) in [6.07, 6.45) is 6.03. The van der Waals surface area contributed by atoms with Crippen LogP contribution in [0.4, 0.5) is 4.79 Å². The standard InChI is InChI=1S/C28H49NO7/c1-26(2,3)18-20(15-12-16-22(30)31)34-24(32)23-21(17-19-13-10-9-11-14-19)29(28(7,8)35-23)25(33)36-27(4,5)6/h19-21,23H,9-18H2,1-8H3,(H,30,31)/t20?,21-,23+/m0/s1. The topological polar surface area (TPSA) is 102 Å². The molecule has 0 bridgehead atoms. The molecule has 0 spiro atoms. The zero-order chi connectivity index (χ0) is 27.3. The average molecular weight is 512 g/mol. The highest BCUT2D eigenvalue weighted by Gasteiger charge is 2.55. The first-order chi connectivity index (χ1) is 16.5. The van der Waals surface area contributed by atoms with Crippen molar-refractivity contribution in [3.63, 3.8) is 0 Å². The van der Waals surface area contributed by atoms with Crippen LogP contribution in [0.2, 0.25) is 0 Å². The molecule has 0 aromatic rings. The molecule has 36 heavy (non-hydrogen) atoms. The molecule has 1 aliphatic carbocycles. The number of rotatable bonds is 9. The lowest BCUT2D eigenvalue weighted by molar-refractivity contribution is -0.168. The SMILES string of the molecule is CC(C)(C)CC(CCCC(=O)O)OC(=O)[C@@H]1OC(C)(C)N(C(=O)OC(C)(C)C)[C@H]1CC1CCCCC1. The molecule has 1 N–H and O–H groups in total. The van der Waals surface area contributed by atoms with Crippen LogP contribution in [0.3, 0.4) is 0 Å². The summed E-state index contributed by atoms with van der Waals surface area (Å²) in [5, 5.41) is 9.05. The molecule has 0 aromatic carbocycles. The van der Waals surface area contributed by atoms with Crippen molar-refractivity contribution in [2.75, 3.05) is 0 Å². The molecule has 2 aliphatic rings. The average Bonchev–Trinajstić information content (AvgIpc) is 2.96. The third-order valence-corrected chi connectivity index (χ3v) is 6.84. The molecule has 2 fully saturated rings. The molecule has 208 valence electrons. The molecule has 1 saturated carbocycles. The predicted octanol–water partition coefficient (Wildman–Crippen LogP) is 6.30. The Morgan fingerprint density at radius 3 is 2.19 bits per heavy atom. The Hall–Kier alpha value is -1.83. The largest absolute Gasteiger partial charge is 0.481 e. The van der Waals surface area contributed by atoms with Crippen LogP contribution >= 0.6 is 0 Å². The van der Waals surface area contributed by atoms with Crippen molar-refractivity contribution in [1.29, 1.82) is 0 Å². The van der Waals surface area contributed by atoms with Crippen molar-refractivity contribution in [1.82, 2.24) is 4.90 Å². The van der Waals surface area contributed by atoms with Crippen molar-refractivity contribution in [3.05, 3.63) is 0 Å². The van der Waals surface area contributed by atoms with Gasteiger partial charge in [-0.15, -0.1) is 0 Å². The summed E-state index contributed by atoms with van der Waals surface area (Å²) < 4.78 is 18.0. The van der Waals surface area contributed by atoms with Crippen LogP contribution in [0.15, 0.2) is 0 Å². The van der Waals surface area contributed by atoms with Gasteiger partial charge in [-0.3, -0.25) is 9.69 Å². The number of carbonyl (C=O) groups is 3. The zero-order valence-corrected chi connectivity index (χ0v) is 23.7. The zero-order valence-electron chi connectivity index (χ0n) is 23.7. The Kier molecular flexibility index (Phi) is 10.3. The van der Waals surface area contributed by atoms with Gasteiger partial charge in [-0.25, -0.2) is 9.59 Å². The number of hydrogen-bond donors (Lipinski definition) is 1. The van der Waals surface area contributed by atoms with E-state index in [0.717, 1.165) is 25.7 Å². The second-order valence-corrected chi connectivity index (χ2v) is 13.3. The molecule has 1 heterocycles. The molecule has 8 nitrogen and oxygen atoms in total. The highest BCUT2D eigenvalue weighted by atomic mass is 16.6. The van der Waals surface area contributed by atoms with Crippen molar-refractivity contribution < 1.29 is 33.7 Å². The fraction of sp³-hybridized carbons (Fsp3) is 0.893. The van der Waals surface area contributed by atoms with Gasteiger partial charge < -0.3 is 19.3 Å². The van der Waals surface area contributed by atoms with E-state index in [1.165, 1.54) is 6.42 Å². The van der Waals surface area contributed by atoms with E-state index >= 15 is 0 Å². The van der Waals surface area contributed by atoms with E-state index in [4.69, 9.17) is 19.3 Å². The van der Waals surface area contributed by atoms with Gasteiger partial charge in [-0.1, -0.05) is 52.9 Å². The van der Waals surface area contributed by atoms with E-state index in [0.29, 0.717) is 31.6 Å². The predicted molar refractivity (Wildman–Crippen MR) is 137 cm³/mol. The van der Waals surface area contributed by atoms with Gasteiger partial charge >= 0.3 is 18.0 Å². The molecule has 1 saturated heterocycles. The maximum absolute atomic E-state index is 13.6. The molecule has 0 radical (unpaired) electrons. The number of aliphatic carboxylic acids is 1. The molecule has 3 atom stereocenters. The highest BCUT2D eigenvalue weighted by molar-refractivity contribution is 5.79. The lowest BCUT2D eigenvalue weighted by Crippen LogP contribution is -2.51. The Morgan fingerprint density at radius 1 is 1.06 bits per heavy atom. The number of amides is 1. The first-order valence-corrected chi connectivity index (χ1v) is 13.6. The minimum absolute atomic E-state index is 0.0296. The van der Waals surface area contributed by atoms with Crippen LogP contribution in [0.25, 0.3) is 0 Å². The second-order valence-electron chi connectivity index (χ2n) is 13.3. The summed E-state index contributed by atoms with van der Waals surface area (Å²) in [5.41, 5.74) is -1.81. The molecule has 1 amide bonds. The summed E-state index contributed by atoms with van der Waals surface area (Å²) in [4.78, 5) is 39.5. The third-order valence-electron chi connectivity index (χ3n) is 6.84.